The van der Waals surface area contributed by atoms with Crippen molar-refractivity contribution in [3.63, 3.8) is 0 Å². The van der Waals surface area contributed by atoms with Crippen molar-refractivity contribution in [2.75, 3.05) is 19.6 Å². The van der Waals surface area contributed by atoms with Crippen molar-refractivity contribution < 1.29 is 9.60 Å². The van der Waals surface area contributed by atoms with E-state index in [1.807, 2.05) is 32.3 Å². The molecule has 0 radical (unpaired) electrons. The van der Waals surface area contributed by atoms with Crippen LogP contribution in [0.3, 0.4) is 0 Å². The molecule has 0 bridgehead atoms. The molecular weight excluding hydrogens is 419 g/mol. The summed E-state index contributed by atoms with van der Waals surface area (Å²) >= 11 is 0. The first-order valence-electron chi connectivity index (χ1n) is 12.3. The van der Waals surface area contributed by atoms with Gasteiger partial charge in [-0.05, 0) is 82.8 Å². The second-order valence-electron chi connectivity index (χ2n) is 8.82. The van der Waals surface area contributed by atoms with Crippen LogP contribution in [-0.2, 0) is 19.4 Å². The van der Waals surface area contributed by atoms with Gasteiger partial charge in [0.1, 0.15) is 11.6 Å². The summed E-state index contributed by atoms with van der Waals surface area (Å²) in [5, 5.41) is 13.2. The Kier molecular flexibility index (Phi) is 8.78. The number of aryl methyl sites for hydroxylation is 3. The van der Waals surface area contributed by atoms with Gasteiger partial charge in [0.25, 0.3) is 5.56 Å². The largest absolute Gasteiger partial charge is 0.411 e. The van der Waals surface area contributed by atoms with Crippen LogP contribution in [0.15, 0.2) is 28.1 Å². The van der Waals surface area contributed by atoms with E-state index >= 15 is 0 Å². The number of hydrogen-bond donors (Lipinski definition) is 1. The number of piperidine rings is 1. The quantitative estimate of drug-likeness (QED) is 0.409. The van der Waals surface area contributed by atoms with Gasteiger partial charge in [-0.1, -0.05) is 19.0 Å². The molecule has 6 nitrogen and oxygen atoms in total. The Hall–Kier alpha value is -2.54. The predicted molar refractivity (Wildman–Crippen MR) is 130 cm³/mol. The number of benzene rings is 1. The molecule has 7 heteroatoms. The predicted octanol–water partition coefficient (Wildman–Crippen LogP) is 4.49. The van der Waals surface area contributed by atoms with E-state index in [9.17, 15) is 14.4 Å². The summed E-state index contributed by atoms with van der Waals surface area (Å²) in [7, 11) is 0. The SMILES string of the molecule is CC.Cc1cc(F)ccc1/C(=N\O)C1CCN(CCc2c(C)nc3n(c2=O)CCCC3)CC1. The molecule has 1 saturated heterocycles. The number of aromatic nitrogens is 2. The lowest BCUT2D eigenvalue weighted by molar-refractivity contribution is 0.208. The highest BCUT2D eigenvalue weighted by atomic mass is 19.1. The van der Waals surface area contributed by atoms with E-state index in [1.165, 1.54) is 12.1 Å². The molecule has 0 unspecified atom stereocenters. The van der Waals surface area contributed by atoms with Crippen molar-refractivity contribution in [1.29, 1.82) is 0 Å². The van der Waals surface area contributed by atoms with Crippen LogP contribution < -0.4 is 5.56 Å². The zero-order valence-corrected chi connectivity index (χ0v) is 20.4. The maximum atomic E-state index is 13.4. The lowest BCUT2D eigenvalue weighted by Crippen LogP contribution is -2.39. The van der Waals surface area contributed by atoms with E-state index < -0.39 is 0 Å². The van der Waals surface area contributed by atoms with Gasteiger partial charge in [0.05, 0.1) is 5.71 Å². The summed E-state index contributed by atoms with van der Waals surface area (Å²) < 4.78 is 15.3. The van der Waals surface area contributed by atoms with Crippen LogP contribution in [0, 0.1) is 25.6 Å². The van der Waals surface area contributed by atoms with E-state index in [0.717, 1.165) is 86.5 Å². The first kappa shape index (κ1) is 25.1. The molecule has 3 heterocycles. The highest BCUT2D eigenvalue weighted by Gasteiger charge is 2.26. The number of nitrogens with zero attached hydrogens (tertiary/aromatic N) is 4. The van der Waals surface area contributed by atoms with Crippen LogP contribution in [0.4, 0.5) is 4.39 Å². The van der Waals surface area contributed by atoms with Gasteiger partial charge in [-0.2, -0.15) is 0 Å². The standard InChI is InChI=1S/C24H31FN4O2.C2H6/c1-16-15-19(25)6-7-20(16)23(27-31)18-8-12-28(13-9-18)14-10-21-17(2)26-22-5-3-4-11-29(22)24(21)30;1-2/h6-7,15,18,31H,3-5,8-14H2,1-2H3;1-2H3/b27-23-;. The Balaban J connectivity index is 0.00000149. The average molecular weight is 457 g/mol. The first-order valence-corrected chi connectivity index (χ1v) is 12.3. The summed E-state index contributed by atoms with van der Waals surface area (Å²) in [6.07, 6.45) is 5.50. The molecule has 1 fully saturated rings. The molecule has 0 aliphatic carbocycles. The first-order chi connectivity index (χ1) is 16.0. The minimum atomic E-state index is -0.281. The normalized spacial score (nSPS) is 17.3. The second kappa shape index (κ2) is 11.5. The molecule has 1 aromatic heterocycles. The second-order valence-corrected chi connectivity index (χ2v) is 8.82. The topological polar surface area (TPSA) is 70.7 Å². The summed E-state index contributed by atoms with van der Waals surface area (Å²) in [4.78, 5) is 20.0. The molecule has 0 saturated carbocycles. The van der Waals surface area contributed by atoms with E-state index in [-0.39, 0.29) is 17.3 Å². The van der Waals surface area contributed by atoms with Gasteiger partial charge in [0.15, 0.2) is 0 Å². The van der Waals surface area contributed by atoms with Crippen molar-refractivity contribution in [2.24, 2.45) is 11.1 Å². The lowest BCUT2D eigenvalue weighted by atomic mass is 9.86. The average Bonchev–Trinajstić information content (AvgIpc) is 2.83. The summed E-state index contributed by atoms with van der Waals surface area (Å²) in [6.45, 7) is 11.2. The number of halogens is 1. The fraction of sp³-hybridized carbons (Fsp3) is 0.577. The number of oxime groups is 1. The Bertz CT molecular complexity index is 1040. The molecule has 1 aromatic carbocycles. The Labute approximate surface area is 196 Å². The van der Waals surface area contributed by atoms with E-state index in [4.69, 9.17) is 4.98 Å². The van der Waals surface area contributed by atoms with Crippen LogP contribution in [0.5, 0.6) is 0 Å². The third-order valence-electron chi connectivity index (χ3n) is 6.80. The molecular formula is C26H37FN4O2. The molecule has 1 N–H and O–H groups in total. The van der Waals surface area contributed by atoms with E-state index in [1.54, 1.807) is 6.07 Å². The van der Waals surface area contributed by atoms with Gasteiger partial charge < -0.3 is 10.1 Å². The van der Waals surface area contributed by atoms with Gasteiger partial charge in [-0.15, -0.1) is 0 Å². The highest BCUT2D eigenvalue weighted by Crippen LogP contribution is 2.25. The molecule has 2 aromatic rings. The number of rotatable bonds is 5. The van der Waals surface area contributed by atoms with Crippen LogP contribution in [0.25, 0.3) is 0 Å². The minimum absolute atomic E-state index is 0.138. The molecule has 4 rings (SSSR count). The monoisotopic (exact) mass is 456 g/mol. The smallest absolute Gasteiger partial charge is 0.256 e. The van der Waals surface area contributed by atoms with Gasteiger partial charge in [-0.3, -0.25) is 9.36 Å². The molecule has 0 atom stereocenters. The molecule has 2 aliphatic rings. The molecule has 180 valence electrons. The van der Waals surface area contributed by atoms with Crippen LogP contribution in [0.2, 0.25) is 0 Å². The van der Waals surface area contributed by atoms with E-state index in [0.29, 0.717) is 12.1 Å². The van der Waals surface area contributed by atoms with Crippen molar-refractivity contribution in [3.8, 4) is 0 Å². The fourth-order valence-corrected chi connectivity index (χ4v) is 4.99. The zero-order valence-electron chi connectivity index (χ0n) is 20.4. The zero-order chi connectivity index (χ0) is 24.0. The van der Waals surface area contributed by atoms with E-state index in [2.05, 4.69) is 10.1 Å². The highest BCUT2D eigenvalue weighted by molar-refractivity contribution is 6.03. The van der Waals surface area contributed by atoms with Crippen molar-refractivity contribution in [3.05, 3.63) is 62.6 Å². The van der Waals surface area contributed by atoms with Gasteiger partial charge in [0, 0.05) is 42.2 Å². The van der Waals surface area contributed by atoms with Crippen molar-refractivity contribution in [2.45, 2.75) is 72.8 Å². The third kappa shape index (κ3) is 5.69. The Morgan fingerprint density at radius 1 is 1.18 bits per heavy atom. The number of likely N-dealkylation sites (tertiary alicyclic amines) is 1. The maximum Gasteiger partial charge on any atom is 0.256 e. The summed E-state index contributed by atoms with van der Waals surface area (Å²) in [5.41, 5.74) is 4.09. The summed E-state index contributed by atoms with van der Waals surface area (Å²) in [6, 6.07) is 4.59. The van der Waals surface area contributed by atoms with Gasteiger partial charge in [-0.25, -0.2) is 9.37 Å². The lowest BCUT2D eigenvalue weighted by Gasteiger charge is -2.32. The summed E-state index contributed by atoms with van der Waals surface area (Å²) in [5.74, 6) is 0.796. The van der Waals surface area contributed by atoms with Crippen LogP contribution in [-0.4, -0.2) is 45.0 Å². The minimum Gasteiger partial charge on any atom is -0.411 e. The molecule has 0 spiro atoms. The van der Waals surface area contributed by atoms with Crippen LogP contribution in [0.1, 0.15) is 67.7 Å². The molecule has 0 amide bonds. The molecule has 2 aliphatic heterocycles. The Morgan fingerprint density at radius 2 is 1.91 bits per heavy atom. The van der Waals surface area contributed by atoms with Crippen LogP contribution >= 0.6 is 0 Å². The molecule has 33 heavy (non-hydrogen) atoms. The number of hydrogen-bond acceptors (Lipinski definition) is 5. The number of fused-ring (bicyclic) bond motifs is 1. The Morgan fingerprint density at radius 3 is 2.58 bits per heavy atom. The van der Waals surface area contributed by atoms with Crippen molar-refractivity contribution >= 4 is 5.71 Å². The van der Waals surface area contributed by atoms with Gasteiger partial charge >= 0.3 is 0 Å². The maximum absolute atomic E-state index is 13.4. The fourth-order valence-electron chi connectivity index (χ4n) is 4.99. The van der Waals surface area contributed by atoms with Gasteiger partial charge in [0.2, 0.25) is 0 Å². The third-order valence-corrected chi connectivity index (χ3v) is 6.80. The van der Waals surface area contributed by atoms with Crippen molar-refractivity contribution in [1.82, 2.24) is 14.5 Å².